The summed E-state index contributed by atoms with van der Waals surface area (Å²) in [6.07, 6.45) is 2.47. The third kappa shape index (κ3) is 1.98. The number of halogens is 1. The molecule has 1 aliphatic heterocycles. The molecule has 1 aromatic rings. The van der Waals surface area contributed by atoms with Gasteiger partial charge in [-0.3, -0.25) is 14.3 Å². The Morgan fingerprint density at radius 2 is 2.35 bits per heavy atom. The Bertz CT molecular complexity index is 682. The van der Waals surface area contributed by atoms with Crippen LogP contribution in [0.2, 0.25) is 0 Å². The molecule has 20 heavy (non-hydrogen) atoms. The van der Waals surface area contributed by atoms with Gasteiger partial charge < -0.3 is 20.1 Å². The number of terminal acetylenes is 1. The molecule has 1 saturated heterocycles. The highest BCUT2D eigenvalue weighted by Crippen LogP contribution is 2.44. The second-order valence-electron chi connectivity index (χ2n) is 4.30. The number of aromatic amines is 1. The molecule has 0 bridgehead atoms. The van der Waals surface area contributed by atoms with E-state index in [1.54, 1.807) is 0 Å². The summed E-state index contributed by atoms with van der Waals surface area (Å²) in [5, 5.41) is 29.0. The Morgan fingerprint density at radius 3 is 2.85 bits per heavy atom. The minimum Gasteiger partial charge on any atom is -0.390 e. The van der Waals surface area contributed by atoms with Gasteiger partial charge in [-0.15, -0.1) is 6.42 Å². The van der Waals surface area contributed by atoms with Gasteiger partial charge in [-0.25, -0.2) is 4.39 Å². The first kappa shape index (κ1) is 14.8. The zero-order chi connectivity index (χ0) is 15.1. The average Bonchev–Trinajstić information content (AvgIpc) is 2.62. The number of nitrogens with zero attached hydrogens (tertiary/aromatic N) is 1. The number of ether oxygens (including phenoxy) is 1. The zero-order valence-electron chi connectivity index (χ0n) is 9.99. The maximum atomic E-state index is 14.2. The fourth-order valence-corrected chi connectivity index (χ4v) is 2.22. The van der Waals surface area contributed by atoms with Gasteiger partial charge in [-0.1, -0.05) is 5.92 Å². The molecule has 4 unspecified atom stereocenters. The summed E-state index contributed by atoms with van der Waals surface area (Å²) >= 11 is 4.86. The van der Waals surface area contributed by atoms with Crippen LogP contribution in [-0.2, 0) is 4.74 Å². The minimum atomic E-state index is -2.95. The first-order chi connectivity index (χ1) is 9.28. The normalized spacial score (nSPS) is 36.8. The summed E-state index contributed by atoms with van der Waals surface area (Å²) in [7, 11) is 0. The van der Waals surface area contributed by atoms with Gasteiger partial charge in [0.15, 0.2) is 17.1 Å². The molecule has 0 saturated carbocycles. The SMILES string of the molecule is C#CC1(O)C(n2ccc(=O)[nH]c2=S)OC(F)(CO)C1O. The van der Waals surface area contributed by atoms with Crippen LogP contribution in [0.5, 0.6) is 0 Å². The smallest absolute Gasteiger partial charge is 0.264 e. The van der Waals surface area contributed by atoms with Crippen LogP contribution < -0.4 is 5.56 Å². The molecule has 1 aromatic heterocycles. The largest absolute Gasteiger partial charge is 0.390 e. The van der Waals surface area contributed by atoms with Crippen molar-refractivity contribution in [3.05, 3.63) is 27.4 Å². The Hall–Kier alpha value is -1.57. The van der Waals surface area contributed by atoms with Crippen molar-refractivity contribution in [1.29, 1.82) is 0 Å². The predicted octanol–water partition coefficient (Wildman–Crippen LogP) is -1.18. The average molecular weight is 302 g/mol. The molecular weight excluding hydrogens is 291 g/mol. The van der Waals surface area contributed by atoms with Crippen molar-refractivity contribution >= 4 is 12.2 Å². The monoisotopic (exact) mass is 302 g/mol. The van der Waals surface area contributed by atoms with E-state index in [0.29, 0.717) is 0 Å². The molecule has 1 aliphatic rings. The van der Waals surface area contributed by atoms with Crippen LogP contribution in [0.25, 0.3) is 0 Å². The van der Waals surface area contributed by atoms with Crippen molar-refractivity contribution in [3.8, 4) is 12.3 Å². The Labute approximate surface area is 117 Å². The summed E-state index contributed by atoms with van der Waals surface area (Å²) in [4.78, 5) is 13.3. The minimum absolute atomic E-state index is 0.189. The molecule has 2 heterocycles. The van der Waals surface area contributed by atoms with Crippen LogP contribution >= 0.6 is 12.2 Å². The number of nitrogens with one attached hydrogen (secondary N) is 1. The van der Waals surface area contributed by atoms with E-state index in [-0.39, 0.29) is 4.77 Å². The lowest BCUT2D eigenvalue weighted by atomic mass is 9.94. The van der Waals surface area contributed by atoms with E-state index in [4.69, 9.17) is 28.5 Å². The number of H-pyrrole nitrogens is 1. The number of aromatic nitrogens is 2. The van der Waals surface area contributed by atoms with E-state index in [0.717, 1.165) is 16.8 Å². The van der Waals surface area contributed by atoms with Gasteiger partial charge in [0.25, 0.3) is 11.4 Å². The Balaban J connectivity index is 2.59. The summed E-state index contributed by atoms with van der Waals surface area (Å²) in [5.41, 5.74) is -2.98. The molecule has 7 nitrogen and oxygen atoms in total. The van der Waals surface area contributed by atoms with E-state index in [2.05, 4.69) is 4.98 Å². The summed E-state index contributed by atoms with van der Waals surface area (Å²) in [6, 6.07) is 1.06. The second-order valence-corrected chi connectivity index (χ2v) is 4.69. The molecule has 0 radical (unpaired) electrons. The number of alkyl halides is 1. The third-order valence-electron chi connectivity index (χ3n) is 3.06. The van der Waals surface area contributed by atoms with Crippen molar-refractivity contribution in [3.63, 3.8) is 0 Å². The van der Waals surface area contributed by atoms with Crippen molar-refractivity contribution in [2.24, 2.45) is 0 Å². The third-order valence-corrected chi connectivity index (χ3v) is 3.37. The van der Waals surface area contributed by atoms with Crippen molar-refractivity contribution in [2.45, 2.75) is 23.8 Å². The molecule has 9 heteroatoms. The van der Waals surface area contributed by atoms with Crippen molar-refractivity contribution in [1.82, 2.24) is 9.55 Å². The van der Waals surface area contributed by atoms with Gasteiger partial charge >= 0.3 is 0 Å². The van der Waals surface area contributed by atoms with E-state index < -0.39 is 36.0 Å². The maximum Gasteiger partial charge on any atom is 0.264 e. The maximum absolute atomic E-state index is 14.2. The van der Waals surface area contributed by atoms with E-state index in [1.807, 2.05) is 5.92 Å². The second kappa shape index (κ2) is 4.76. The molecule has 4 atom stereocenters. The van der Waals surface area contributed by atoms with Gasteiger partial charge in [-0.05, 0) is 12.2 Å². The van der Waals surface area contributed by atoms with E-state index in [1.165, 1.54) is 0 Å². The molecule has 108 valence electrons. The predicted molar refractivity (Wildman–Crippen MR) is 66.7 cm³/mol. The number of hydrogen-bond donors (Lipinski definition) is 4. The van der Waals surface area contributed by atoms with Crippen LogP contribution in [0.15, 0.2) is 17.1 Å². The summed E-state index contributed by atoms with van der Waals surface area (Å²) < 4.78 is 19.8. The lowest BCUT2D eigenvalue weighted by Gasteiger charge is -2.26. The van der Waals surface area contributed by atoms with Crippen LogP contribution in [0.1, 0.15) is 6.23 Å². The molecule has 2 rings (SSSR count). The quantitative estimate of drug-likeness (QED) is 0.404. The van der Waals surface area contributed by atoms with Crippen molar-refractivity contribution < 1.29 is 24.4 Å². The molecular formula is C11H11FN2O5S. The lowest BCUT2D eigenvalue weighted by molar-refractivity contribution is -0.207. The fourth-order valence-electron chi connectivity index (χ4n) is 1.96. The van der Waals surface area contributed by atoms with Crippen LogP contribution in [0, 0.1) is 17.1 Å². The van der Waals surface area contributed by atoms with Crippen LogP contribution in [0.4, 0.5) is 4.39 Å². The number of hydrogen-bond acceptors (Lipinski definition) is 6. The Morgan fingerprint density at radius 1 is 1.70 bits per heavy atom. The topological polar surface area (TPSA) is 108 Å². The number of aliphatic hydroxyl groups is 3. The highest BCUT2D eigenvalue weighted by atomic mass is 32.1. The van der Waals surface area contributed by atoms with Gasteiger partial charge in [0.2, 0.25) is 5.60 Å². The van der Waals surface area contributed by atoms with Crippen LogP contribution in [0.3, 0.4) is 0 Å². The first-order valence-electron chi connectivity index (χ1n) is 5.46. The molecule has 0 aliphatic carbocycles. The zero-order valence-corrected chi connectivity index (χ0v) is 10.8. The van der Waals surface area contributed by atoms with Crippen molar-refractivity contribution in [2.75, 3.05) is 6.61 Å². The number of rotatable bonds is 2. The van der Waals surface area contributed by atoms with E-state index in [9.17, 15) is 19.4 Å². The van der Waals surface area contributed by atoms with Gasteiger partial charge in [-0.2, -0.15) is 0 Å². The number of aliphatic hydroxyl groups excluding tert-OH is 2. The highest BCUT2D eigenvalue weighted by molar-refractivity contribution is 7.71. The Kier molecular flexibility index (Phi) is 3.53. The highest BCUT2D eigenvalue weighted by Gasteiger charge is 2.64. The molecule has 4 N–H and O–H groups in total. The standard InChI is InChI=1S/C11H11FN2O5S/c1-2-10(18)7(17)11(12,5-15)19-8(10)14-4-3-6(16)13-9(14)20/h1,3-4,7-8,15,17-18H,5H2,(H,13,16,20). The molecule has 1 fully saturated rings. The van der Waals surface area contributed by atoms with Gasteiger partial charge in [0.05, 0.1) is 0 Å². The fraction of sp³-hybridized carbons (Fsp3) is 0.455. The van der Waals surface area contributed by atoms with Gasteiger partial charge in [0.1, 0.15) is 6.61 Å². The molecule has 0 spiro atoms. The van der Waals surface area contributed by atoms with Crippen LogP contribution in [-0.4, -0.2) is 49.0 Å². The summed E-state index contributed by atoms with van der Waals surface area (Å²) in [6.45, 7) is -1.22. The molecule has 0 aromatic carbocycles. The molecule has 0 amide bonds. The van der Waals surface area contributed by atoms with E-state index >= 15 is 0 Å². The summed E-state index contributed by atoms with van der Waals surface area (Å²) in [5.74, 6) is -1.11. The lowest BCUT2D eigenvalue weighted by Crippen LogP contribution is -2.50. The first-order valence-corrected chi connectivity index (χ1v) is 5.86. The van der Waals surface area contributed by atoms with Gasteiger partial charge in [0, 0.05) is 12.3 Å².